The molecule has 0 fully saturated rings. The topological polar surface area (TPSA) is 60.2 Å². The fraction of sp³-hybridized carbons (Fsp3) is 0.929. The van der Waals surface area contributed by atoms with Gasteiger partial charge in [-0.2, -0.15) is 0 Å². The predicted molar refractivity (Wildman–Crippen MR) is 79.7 cm³/mol. The van der Waals surface area contributed by atoms with Crippen LogP contribution in [0, 0.1) is 0 Å². The van der Waals surface area contributed by atoms with Gasteiger partial charge in [0.2, 0.25) is 5.91 Å². The molecule has 0 saturated heterocycles. The number of nitrogens with two attached hydrogens (primary N) is 1. The Hall–Kier alpha value is -0.300. The highest BCUT2D eigenvalue weighted by molar-refractivity contribution is 7.66. The number of hydrogen-bond acceptors (Lipinski definition) is 2. The molecule has 1 amide bonds. The van der Waals surface area contributed by atoms with Crippen LogP contribution in [0.15, 0.2) is 0 Å². The highest BCUT2D eigenvalue weighted by Crippen LogP contribution is 2.62. The lowest BCUT2D eigenvalue weighted by Gasteiger charge is -2.37. The lowest BCUT2D eigenvalue weighted by molar-refractivity contribution is -0.120. The third kappa shape index (κ3) is 3.60. The van der Waals surface area contributed by atoms with Crippen molar-refractivity contribution in [3.8, 4) is 0 Å². The van der Waals surface area contributed by atoms with Gasteiger partial charge in [0.05, 0.1) is 0 Å². The van der Waals surface area contributed by atoms with E-state index in [0.29, 0.717) is 25.2 Å². The van der Waals surface area contributed by atoms with Crippen molar-refractivity contribution in [3.05, 3.63) is 0 Å². The Morgan fingerprint density at radius 3 is 1.61 bits per heavy atom. The quantitative estimate of drug-likeness (QED) is 0.613. The molecular formula is C14H30NO2P. The zero-order valence-electron chi connectivity index (χ0n) is 12.5. The van der Waals surface area contributed by atoms with Gasteiger partial charge in [0, 0.05) is 12.3 Å². The van der Waals surface area contributed by atoms with Crippen LogP contribution in [0.5, 0.6) is 0 Å². The summed E-state index contributed by atoms with van der Waals surface area (Å²) in [6.45, 7) is 8.07. The summed E-state index contributed by atoms with van der Waals surface area (Å²) in [7, 11) is -2.52. The number of carbonyl (C=O) groups is 1. The minimum Gasteiger partial charge on any atom is -0.369 e. The Balaban J connectivity index is 5.34. The first-order valence-electron chi connectivity index (χ1n) is 7.32. The highest BCUT2D eigenvalue weighted by Gasteiger charge is 2.48. The Labute approximate surface area is 112 Å². The maximum atomic E-state index is 13.4. The number of unbranched alkanes of at least 4 members (excludes halogenated alkanes) is 2. The third-order valence-electron chi connectivity index (χ3n) is 4.15. The smallest absolute Gasteiger partial charge is 0.231 e. The molecule has 0 aliphatic carbocycles. The molecule has 2 N–H and O–H groups in total. The molecule has 0 saturated carbocycles. The first-order valence-corrected chi connectivity index (χ1v) is 9.39. The van der Waals surface area contributed by atoms with Crippen LogP contribution >= 0.6 is 7.14 Å². The Morgan fingerprint density at radius 1 is 1.00 bits per heavy atom. The average molecular weight is 275 g/mol. The van der Waals surface area contributed by atoms with Crippen LogP contribution in [-0.4, -0.2) is 23.4 Å². The van der Waals surface area contributed by atoms with Gasteiger partial charge in [0.15, 0.2) is 0 Å². The summed E-state index contributed by atoms with van der Waals surface area (Å²) in [4.78, 5) is 11.9. The molecule has 0 spiro atoms. The van der Waals surface area contributed by atoms with E-state index in [9.17, 15) is 9.36 Å². The summed E-state index contributed by atoms with van der Waals surface area (Å²) >= 11 is 0. The van der Waals surface area contributed by atoms with E-state index in [-0.39, 0.29) is 5.91 Å². The van der Waals surface area contributed by atoms with E-state index in [1.54, 1.807) is 0 Å². The maximum absolute atomic E-state index is 13.4. The molecule has 0 unspecified atom stereocenters. The summed E-state index contributed by atoms with van der Waals surface area (Å²) < 4.78 is 13.4. The monoisotopic (exact) mass is 275 g/mol. The maximum Gasteiger partial charge on any atom is 0.231 e. The van der Waals surface area contributed by atoms with Crippen LogP contribution < -0.4 is 5.73 Å². The van der Waals surface area contributed by atoms with E-state index >= 15 is 0 Å². The fourth-order valence-corrected chi connectivity index (χ4v) is 7.03. The fourth-order valence-electron chi connectivity index (χ4n) is 2.74. The SMILES string of the molecule is CCCCP(=O)(CCCC)C(CC)(CC)C(N)=O. The van der Waals surface area contributed by atoms with Crippen LogP contribution in [0.25, 0.3) is 0 Å². The molecule has 0 aromatic rings. The standard InChI is InChI=1S/C14H30NO2P/c1-5-9-11-18(17,12-10-6-2)14(7-3,8-4)13(15)16/h5-12H2,1-4H3,(H2,15,16). The molecule has 0 aromatic heterocycles. The van der Waals surface area contributed by atoms with Gasteiger partial charge < -0.3 is 10.3 Å². The van der Waals surface area contributed by atoms with E-state index < -0.39 is 12.3 Å². The molecule has 0 aromatic carbocycles. The van der Waals surface area contributed by atoms with Crippen molar-refractivity contribution in [2.45, 2.75) is 71.4 Å². The van der Waals surface area contributed by atoms with Crippen molar-refractivity contribution >= 4 is 13.0 Å². The minimum atomic E-state index is -2.52. The van der Waals surface area contributed by atoms with E-state index in [1.807, 2.05) is 13.8 Å². The van der Waals surface area contributed by atoms with Gasteiger partial charge in [-0.05, 0) is 25.7 Å². The number of primary amides is 1. The van der Waals surface area contributed by atoms with Gasteiger partial charge in [0.1, 0.15) is 12.3 Å². The molecule has 0 rings (SSSR count). The predicted octanol–water partition coefficient (Wildman–Crippen LogP) is 3.99. The van der Waals surface area contributed by atoms with Crippen LogP contribution in [0.1, 0.15) is 66.2 Å². The number of carbonyl (C=O) groups excluding carboxylic acids is 1. The molecule has 0 radical (unpaired) electrons. The van der Waals surface area contributed by atoms with Crippen LogP contribution in [0.4, 0.5) is 0 Å². The Kier molecular flexibility index (Phi) is 7.86. The Morgan fingerprint density at radius 2 is 1.39 bits per heavy atom. The first kappa shape index (κ1) is 17.7. The molecular weight excluding hydrogens is 245 g/mol. The van der Waals surface area contributed by atoms with Crippen molar-refractivity contribution in [2.24, 2.45) is 5.73 Å². The number of hydrogen-bond donors (Lipinski definition) is 1. The molecule has 0 heterocycles. The summed E-state index contributed by atoms with van der Waals surface area (Å²) in [5.74, 6) is -0.358. The number of rotatable bonds is 10. The van der Waals surface area contributed by atoms with Gasteiger partial charge >= 0.3 is 0 Å². The second-order valence-electron chi connectivity index (χ2n) is 5.15. The summed E-state index contributed by atoms with van der Waals surface area (Å²) in [6.07, 6.45) is 6.43. The largest absolute Gasteiger partial charge is 0.369 e. The van der Waals surface area contributed by atoms with Crippen molar-refractivity contribution in [1.82, 2.24) is 0 Å². The Bertz CT molecular complexity index is 286. The van der Waals surface area contributed by atoms with Crippen molar-refractivity contribution in [2.75, 3.05) is 12.3 Å². The molecule has 4 heteroatoms. The number of amides is 1. The van der Waals surface area contributed by atoms with E-state index in [2.05, 4.69) is 13.8 Å². The molecule has 0 atom stereocenters. The van der Waals surface area contributed by atoms with Crippen molar-refractivity contribution < 1.29 is 9.36 Å². The van der Waals surface area contributed by atoms with Crippen LogP contribution in [-0.2, 0) is 9.36 Å². The summed E-state index contributed by atoms with van der Waals surface area (Å²) in [5, 5.41) is -0.767. The molecule has 0 bridgehead atoms. The van der Waals surface area contributed by atoms with Crippen LogP contribution in [0.2, 0.25) is 0 Å². The van der Waals surface area contributed by atoms with Gasteiger partial charge in [0.25, 0.3) is 0 Å². The average Bonchev–Trinajstić information content (AvgIpc) is 2.35. The second kappa shape index (κ2) is 7.99. The minimum absolute atomic E-state index is 0.358. The molecule has 0 aliphatic heterocycles. The zero-order valence-corrected chi connectivity index (χ0v) is 13.4. The van der Waals surface area contributed by atoms with Crippen LogP contribution in [0.3, 0.4) is 0 Å². The van der Waals surface area contributed by atoms with Gasteiger partial charge in [-0.3, -0.25) is 4.79 Å². The van der Waals surface area contributed by atoms with Gasteiger partial charge in [-0.25, -0.2) is 0 Å². The lowest BCUT2D eigenvalue weighted by atomic mass is 10.0. The van der Waals surface area contributed by atoms with Crippen molar-refractivity contribution in [1.29, 1.82) is 0 Å². The van der Waals surface area contributed by atoms with E-state index in [1.165, 1.54) is 0 Å². The van der Waals surface area contributed by atoms with Gasteiger partial charge in [-0.1, -0.05) is 40.5 Å². The summed E-state index contributed by atoms with van der Waals surface area (Å²) in [5.41, 5.74) is 5.61. The highest BCUT2D eigenvalue weighted by atomic mass is 31.2. The van der Waals surface area contributed by atoms with Gasteiger partial charge in [-0.15, -0.1) is 0 Å². The van der Waals surface area contributed by atoms with E-state index in [4.69, 9.17) is 5.73 Å². The third-order valence-corrected chi connectivity index (χ3v) is 8.64. The molecule has 108 valence electrons. The second-order valence-corrected chi connectivity index (χ2v) is 8.68. The molecule has 0 aliphatic rings. The summed E-state index contributed by atoms with van der Waals surface area (Å²) in [6, 6.07) is 0. The first-order chi connectivity index (χ1) is 8.44. The molecule has 3 nitrogen and oxygen atoms in total. The lowest BCUT2D eigenvalue weighted by Crippen LogP contribution is -2.44. The van der Waals surface area contributed by atoms with E-state index in [0.717, 1.165) is 25.7 Å². The normalized spacial score (nSPS) is 12.7. The van der Waals surface area contributed by atoms with Crippen molar-refractivity contribution in [3.63, 3.8) is 0 Å². The molecule has 18 heavy (non-hydrogen) atoms. The zero-order chi connectivity index (χ0) is 14.2.